The second-order valence-corrected chi connectivity index (χ2v) is 7.25. The SMILES string of the molecule is Cc1ccc(OC(=O)N2CCC(c3noc(-c4cc(F)ccc4F)n3)CC2)c(C)n1. The molecule has 9 heteroatoms. The van der Waals surface area contributed by atoms with Gasteiger partial charge in [-0.25, -0.2) is 13.6 Å². The second-order valence-electron chi connectivity index (χ2n) is 7.25. The molecule has 0 aliphatic carbocycles. The summed E-state index contributed by atoms with van der Waals surface area (Å²) in [6.45, 7) is 4.58. The van der Waals surface area contributed by atoms with Crippen LogP contribution in [0.1, 0.15) is 36.0 Å². The molecule has 1 aromatic carbocycles. The van der Waals surface area contributed by atoms with Crippen LogP contribution in [0.5, 0.6) is 5.75 Å². The van der Waals surface area contributed by atoms with E-state index in [0.29, 0.717) is 43.2 Å². The Morgan fingerprint density at radius 1 is 1.13 bits per heavy atom. The molecule has 1 amide bonds. The van der Waals surface area contributed by atoms with Crippen molar-refractivity contribution in [2.24, 2.45) is 0 Å². The number of aromatic nitrogens is 3. The Hall–Kier alpha value is -3.36. The van der Waals surface area contributed by atoms with Crippen LogP contribution in [-0.4, -0.2) is 39.2 Å². The molecule has 4 rings (SSSR count). The number of pyridine rings is 1. The van der Waals surface area contributed by atoms with Crippen LogP contribution < -0.4 is 4.74 Å². The predicted octanol–water partition coefficient (Wildman–Crippen LogP) is 4.41. The minimum absolute atomic E-state index is 0.0500. The monoisotopic (exact) mass is 414 g/mol. The van der Waals surface area contributed by atoms with Gasteiger partial charge in [-0.3, -0.25) is 4.98 Å². The van der Waals surface area contributed by atoms with Crippen molar-refractivity contribution in [2.45, 2.75) is 32.6 Å². The molecule has 156 valence electrons. The van der Waals surface area contributed by atoms with Crippen LogP contribution in [-0.2, 0) is 0 Å². The highest BCUT2D eigenvalue weighted by Gasteiger charge is 2.29. The summed E-state index contributed by atoms with van der Waals surface area (Å²) in [7, 11) is 0. The maximum Gasteiger partial charge on any atom is 0.415 e. The third-order valence-electron chi connectivity index (χ3n) is 5.09. The van der Waals surface area contributed by atoms with E-state index in [0.717, 1.165) is 23.9 Å². The average Bonchev–Trinajstić information content (AvgIpc) is 3.22. The number of benzene rings is 1. The van der Waals surface area contributed by atoms with Gasteiger partial charge in [0.2, 0.25) is 0 Å². The molecule has 3 aromatic rings. The molecule has 0 radical (unpaired) electrons. The molecule has 0 spiro atoms. The normalized spacial score (nSPS) is 14.7. The number of aryl methyl sites for hydroxylation is 2. The van der Waals surface area contributed by atoms with Gasteiger partial charge in [-0.05, 0) is 57.0 Å². The number of hydrogen-bond acceptors (Lipinski definition) is 6. The van der Waals surface area contributed by atoms with Crippen molar-refractivity contribution < 1.29 is 22.8 Å². The van der Waals surface area contributed by atoms with E-state index in [2.05, 4.69) is 15.1 Å². The maximum atomic E-state index is 13.9. The Balaban J connectivity index is 1.38. The summed E-state index contributed by atoms with van der Waals surface area (Å²) in [5.74, 6) is -0.480. The fourth-order valence-electron chi connectivity index (χ4n) is 3.43. The molecule has 1 fully saturated rings. The fourth-order valence-corrected chi connectivity index (χ4v) is 3.43. The molecule has 0 saturated carbocycles. The lowest BCUT2D eigenvalue weighted by Gasteiger charge is -2.29. The van der Waals surface area contributed by atoms with Crippen molar-refractivity contribution in [1.82, 2.24) is 20.0 Å². The van der Waals surface area contributed by atoms with Crippen LogP contribution in [0, 0.1) is 25.5 Å². The third kappa shape index (κ3) is 4.14. The average molecular weight is 414 g/mol. The molecule has 1 aliphatic heterocycles. The Morgan fingerprint density at radius 3 is 2.63 bits per heavy atom. The van der Waals surface area contributed by atoms with E-state index in [-0.39, 0.29) is 17.4 Å². The number of carbonyl (C=O) groups is 1. The summed E-state index contributed by atoms with van der Waals surface area (Å²) >= 11 is 0. The molecule has 0 atom stereocenters. The van der Waals surface area contributed by atoms with E-state index in [1.54, 1.807) is 24.0 Å². The highest BCUT2D eigenvalue weighted by molar-refractivity contribution is 5.71. The summed E-state index contributed by atoms with van der Waals surface area (Å²) in [5.41, 5.74) is 1.43. The van der Waals surface area contributed by atoms with Crippen LogP contribution in [0.3, 0.4) is 0 Å². The Kier molecular flexibility index (Phi) is 5.43. The van der Waals surface area contributed by atoms with Gasteiger partial charge in [-0.1, -0.05) is 5.16 Å². The molecular weight excluding hydrogens is 394 g/mol. The lowest BCUT2D eigenvalue weighted by atomic mass is 9.96. The first-order valence-electron chi connectivity index (χ1n) is 9.61. The Labute approximate surface area is 171 Å². The van der Waals surface area contributed by atoms with Gasteiger partial charge in [-0.15, -0.1) is 0 Å². The van der Waals surface area contributed by atoms with Crippen LogP contribution in [0.4, 0.5) is 13.6 Å². The number of rotatable bonds is 3. The van der Waals surface area contributed by atoms with E-state index in [9.17, 15) is 13.6 Å². The smallest absolute Gasteiger partial charge is 0.408 e. The van der Waals surface area contributed by atoms with Crippen LogP contribution in [0.15, 0.2) is 34.9 Å². The lowest BCUT2D eigenvalue weighted by Crippen LogP contribution is -2.39. The first-order chi connectivity index (χ1) is 14.4. The quantitative estimate of drug-likeness (QED) is 0.632. The number of hydrogen-bond donors (Lipinski definition) is 0. The van der Waals surface area contributed by atoms with Crippen molar-refractivity contribution >= 4 is 6.09 Å². The van der Waals surface area contributed by atoms with E-state index in [1.165, 1.54) is 0 Å². The fraction of sp³-hybridized carbons (Fsp3) is 0.333. The number of piperidine rings is 1. The van der Waals surface area contributed by atoms with Gasteiger partial charge < -0.3 is 14.2 Å². The van der Waals surface area contributed by atoms with E-state index in [1.807, 2.05) is 6.92 Å². The van der Waals surface area contributed by atoms with Gasteiger partial charge in [0.15, 0.2) is 11.6 Å². The number of likely N-dealkylation sites (tertiary alicyclic amines) is 1. The maximum absolute atomic E-state index is 13.9. The molecule has 1 saturated heterocycles. The predicted molar refractivity (Wildman–Crippen MR) is 103 cm³/mol. The van der Waals surface area contributed by atoms with Gasteiger partial charge in [0.25, 0.3) is 5.89 Å². The van der Waals surface area contributed by atoms with Gasteiger partial charge in [0, 0.05) is 24.7 Å². The largest absolute Gasteiger partial charge is 0.415 e. The number of halogens is 2. The standard InChI is InChI=1S/C21H20F2N4O3/c1-12-3-6-18(13(2)24-12)29-21(28)27-9-7-14(8-10-27)19-25-20(30-26-19)16-11-15(22)4-5-17(16)23/h3-6,11,14H,7-10H2,1-2H3. The van der Waals surface area contributed by atoms with Crippen molar-refractivity contribution in [3.8, 4) is 17.2 Å². The first kappa shape index (κ1) is 19.9. The number of nitrogens with zero attached hydrogens (tertiary/aromatic N) is 4. The third-order valence-corrected chi connectivity index (χ3v) is 5.09. The zero-order valence-corrected chi connectivity index (χ0v) is 16.6. The summed E-state index contributed by atoms with van der Waals surface area (Å²) in [6, 6.07) is 6.59. The molecule has 1 aliphatic rings. The van der Waals surface area contributed by atoms with Crippen LogP contribution in [0.25, 0.3) is 11.5 Å². The van der Waals surface area contributed by atoms with Crippen LogP contribution >= 0.6 is 0 Å². The highest BCUT2D eigenvalue weighted by Crippen LogP contribution is 2.29. The molecule has 0 unspecified atom stereocenters. The topological polar surface area (TPSA) is 81.4 Å². The summed E-state index contributed by atoms with van der Waals surface area (Å²) < 4.78 is 37.9. The van der Waals surface area contributed by atoms with Crippen LogP contribution in [0.2, 0.25) is 0 Å². The molecule has 0 N–H and O–H groups in total. The Bertz CT molecular complexity index is 1080. The molecular formula is C21H20F2N4O3. The zero-order valence-electron chi connectivity index (χ0n) is 16.6. The van der Waals surface area contributed by atoms with Gasteiger partial charge >= 0.3 is 6.09 Å². The van der Waals surface area contributed by atoms with Crippen molar-refractivity contribution in [3.05, 3.63) is 59.2 Å². The van der Waals surface area contributed by atoms with E-state index in [4.69, 9.17) is 9.26 Å². The molecule has 0 bridgehead atoms. The number of carbonyl (C=O) groups excluding carboxylic acids is 1. The minimum atomic E-state index is -0.634. The molecule has 7 nitrogen and oxygen atoms in total. The highest BCUT2D eigenvalue weighted by atomic mass is 19.1. The second kappa shape index (κ2) is 8.17. The van der Waals surface area contributed by atoms with Gasteiger partial charge in [-0.2, -0.15) is 4.98 Å². The zero-order chi connectivity index (χ0) is 21.3. The van der Waals surface area contributed by atoms with Crippen molar-refractivity contribution in [1.29, 1.82) is 0 Å². The first-order valence-corrected chi connectivity index (χ1v) is 9.61. The van der Waals surface area contributed by atoms with Gasteiger partial charge in [0.05, 0.1) is 11.3 Å². The number of amides is 1. The van der Waals surface area contributed by atoms with Gasteiger partial charge in [0.1, 0.15) is 11.6 Å². The lowest BCUT2D eigenvalue weighted by molar-refractivity contribution is 0.137. The molecule has 30 heavy (non-hydrogen) atoms. The Morgan fingerprint density at radius 2 is 1.90 bits per heavy atom. The molecule has 3 heterocycles. The number of ether oxygens (including phenoxy) is 1. The summed E-state index contributed by atoms with van der Waals surface area (Å²) in [6.07, 6.45) is 0.771. The van der Waals surface area contributed by atoms with Crippen molar-refractivity contribution in [2.75, 3.05) is 13.1 Å². The molecule has 2 aromatic heterocycles. The summed E-state index contributed by atoms with van der Waals surface area (Å²) in [5, 5.41) is 3.93. The minimum Gasteiger partial charge on any atom is -0.408 e. The van der Waals surface area contributed by atoms with Crippen molar-refractivity contribution in [3.63, 3.8) is 0 Å². The summed E-state index contributed by atoms with van der Waals surface area (Å²) in [4.78, 5) is 22.6. The van der Waals surface area contributed by atoms with E-state index < -0.39 is 17.7 Å². The van der Waals surface area contributed by atoms with E-state index >= 15 is 0 Å².